The molecule has 47 heavy (non-hydrogen) atoms. The van der Waals surface area contributed by atoms with Gasteiger partial charge in [-0.05, 0) is 98.2 Å². The number of nitrogens with one attached hydrogen (secondary N) is 4. The third-order valence-corrected chi connectivity index (χ3v) is 10.7. The summed E-state index contributed by atoms with van der Waals surface area (Å²) in [4.78, 5) is 52.9. The van der Waals surface area contributed by atoms with Gasteiger partial charge < -0.3 is 27.0 Å². The minimum absolute atomic E-state index is 0. The Labute approximate surface area is 289 Å². The quantitative estimate of drug-likeness (QED) is 0.184. The second-order valence-corrected chi connectivity index (χ2v) is 14.5. The average molecular weight is 684 g/mol. The number of carbonyl (C=O) groups is 4. The summed E-state index contributed by atoms with van der Waals surface area (Å²) in [6.45, 7) is -0.304. The lowest BCUT2D eigenvalue weighted by Crippen LogP contribution is -2.60. The number of carbonyl (C=O) groups excluding carboxylic acids is 4. The molecule has 0 heterocycles. The molecule has 0 saturated heterocycles. The fourth-order valence-electron chi connectivity index (χ4n) is 7.90. The summed E-state index contributed by atoms with van der Waals surface area (Å²) in [5, 5.41) is 11.7. The molecule has 6 N–H and O–H groups in total. The van der Waals surface area contributed by atoms with Crippen LogP contribution in [0.5, 0.6) is 0 Å². The smallest absolute Gasteiger partial charge is 0.243 e. The van der Waals surface area contributed by atoms with Crippen LogP contribution in [0.4, 0.5) is 0 Å². The Balaban J connectivity index is 0.00000500. The summed E-state index contributed by atoms with van der Waals surface area (Å²) in [5.41, 5.74) is 8.20. The van der Waals surface area contributed by atoms with E-state index in [2.05, 4.69) is 21.3 Å². The molecule has 0 aromatic heterocycles. The molecule has 4 fully saturated rings. The van der Waals surface area contributed by atoms with Gasteiger partial charge in [-0.1, -0.05) is 60.7 Å². The number of thioether (sulfide) groups is 1. The van der Waals surface area contributed by atoms with Gasteiger partial charge in [0, 0.05) is 12.5 Å². The van der Waals surface area contributed by atoms with Gasteiger partial charge in [0.25, 0.3) is 0 Å². The molecule has 4 aliphatic carbocycles. The van der Waals surface area contributed by atoms with Crippen molar-refractivity contribution in [2.75, 3.05) is 18.6 Å². The monoisotopic (exact) mass is 683 g/mol. The summed E-state index contributed by atoms with van der Waals surface area (Å²) in [7, 11) is 0. The first-order valence-electron chi connectivity index (χ1n) is 16.8. The predicted octanol–water partition coefficient (Wildman–Crippen LogP) is 3.39. The van der Waals surface area contributed by atoms with E-state index < -0.39 is 35.8 Å². The first kappa shape index (κ1) is 36.8. The highest BCUT2D eigenvalue weighted by molar-refractivity contribution is 7.98. The molecule has 11 heteroatoms. The number of hydrogen-bond donors (Lipinski definition) is 5. The first-order chi connectivity index (χ1) is 22.3. The Bertz CT molecular complexity index is 1310. The maximum atomic E-state index is 13.7. The lowest BCUT2D eigenvalue weighted by molar-refractivity contribution is -0.132. The van der Waals surface area contributed by atoms with Gasteiger partial charge in [-0.3, -0.25) is 19.2 Å². The zero-order valence-electron chi connectivity index (χ0n) is 27.2. The molecule has 6 rings (SSSR count). The van der Waals surface area contributed by atoms with Crippen LogP contribution in [0.15, 0.2) is 60.7 Å². The molecule has 2 aromatic rings. The topological polar surface area (TPSA) is 142 Å². The van der Waals surface area contributed by atoms with Crippen LogP contribution in [0.25, 0.3) is 0 Å². The van der Waals surface area contributed by atoms with Crippen molar-refractivity contribution in [2.45, 2.75) is 82.0 Å². The van der Waals surface area contributed by atoms with Crippen LogP contribution in [0.3, 0.4) is 0 Å². The van der Waals surface area contributed by atoms with Gasteiger partial charge in [0.15, 0.2) is 0 Å². The van der Waals surface area contributed by atoms with Crippen molar-refractivity contribution < 1.29 is 19.2 Å². The van der Waals surface area contributed by atoms with Crippen LogP contribution in [0.1, 0.15) is 56.1 Å². The van der Waals surface area contributed by atoms with Crippen molar-refractivity contribution in [3.05, 3.63) is 71.8 Å². The second kappa shape index (κ2) is 17.9. The Morgan fingerprint density at radius 2 is 1.36 bits per heavy atom. The van der Waals surface area contributed by atoms with Crippen molar-refractivity contribution in [2.24, 2.45) is 29.4 Å². The lowest BCUT2D eigenvalue weighted by atomic mass is 9.54. The Hall–Kier alpha value is -3.08. The Kier molecular flexibility index (Phi) is 14.0. The van der Waals surface area contributed by atoms with E-state index in [0.29, 0.717) is 43.3 Å². The number of amides is 4. The number of rotatable bonds is 16. The third kappa shape index (κ3) is 10.5. The van der Waals surface area contributed by atoms with Gasteiger partial charge >= 0.3 is 0 Å². The van der Waals surface area contributed by atoms with E-state index in [9.17, 15) is 19.2 Å². The maximum Gasteiger partial charge on any atom is 0.243 e. The molecular formula is C36H50ClN5O4S. The van der Waals surface area contributed by atoms with Crippen LogP contribution in [0, 0.1) is 23.7 Å². The third-order valence-electron chi connectivity index (χ3n) is 10.1. The molecule has 4 amide bonds. The molecule has 256 valence electrons. The van der Waals surface area contributed by atoms with Gasteiger partial charge in [-0.2, -0.15) is 11.8 Å². The molecule has 0 radical (unpaired) electrons. The highest BCUT2D eigenvalue weighted by atomic mass is 35.5. The van der Waals surface area contributed by atoms with Crippen LogP contribution in [-0.2, 0) is 32.0 Å². The minimum Gasteiger partial charge on any atom is -0.351 e. The van der Waals surface area contributed by atoms with E-state index in [1.807, 2.05) is 66.9 Å². The minimum atomic E-state index is -0.823. The van der Waals surface area contributed by atoms with E-state index in [1.54, 1.807) is 11.8 Å². The SMILES string of the molecule is CSCC[C@@H](NC(=O)C(N)CCc1ccccc1)C(=O)NCC(=O)N[C@@H](Cc1ccccc1)C(=O)NC1C2CC3CC(C2)CC1C3.Cl. The normalized spacial score (nSPS) is 24.3. The van der Waals surface area contributed by atoms with E-state index in [1.165, 1.54) is 32.1 Å². The molecule has 4 bridgehead atoms. The molecule has 4 saturated carbocycles. The standard InChI is InChI=1S/C36H49N5O4S.ClH/c1-46-15-14-30(40-34(43)29(37)13-12-23-8-4-2-5-9-23)35(44)38-22-32(42)39-31(21-24-10-6-3-7-11-24)36(45)41-33-27-17-25-16-26(19-27)20-28(33)18-25;/h2-11,25-31,33H,12-22,37H2,1H3,(H,38,44)(H,39,42)(H,40,43)(H,41,45);1H/t25?,26?,27?,28?,29?,30-,31+,33?;/m1./s1. The number of aryl methyl sites for hydroxylation is 1. The van der Waals surface area contributed by atoms with Crippen LogP contribution >= 0.6 is 24.2 Å². The second-order valence-electron chi connectivity index (χ2n) is 13.5. The molecule has 9 nitrogen and oxygen atoms in total. The largest absolute Gasteiger partial charge is 0.351 e. The molecule has 4 aliphatic rings. The molecule has 1 unspecified atom stereocenters. The van der Waals surface area contributed by atoms with Crippen molar-refractivity contribution >= 4 is 47.8 Å². The van der Waals surface area contributed by atoms with Gasteiger partial charge in [0.05, 0.1) is 12.6 Å². The number of halogens is 1. The van der Waals surface area contributed by atoms with E-state index >= 15 is 0 Å². The highest BCUT2D eigenvalue weighted by Crippen LogP contribution is 2.53. The van der Waals surface area contributed by atoms with Gasteiger partial charge in [0.1, 0.15) is 12.1 Å². The van der Waals surface area contributed by atoms with Crippen LogP contribution in [0.2, 0.25) is 0 Å². The fourth-order valence-corrected chi connectivity index (χ4v) is 8.37. The van der Waals surface area contributed by atoms with Gasteiger partial charge in [-0.25, -0.2) is 0 Å². The summed E-state index contributed by atoms with van der Waals surface area (Å²) in [5.74, 6) is 1.81. The summed E-state index contributed by atoms with van der Waals surface area (Å²) in [6, 6.07) is 17.3. The molecule has 2 aromatic carbocycles. The highest BCUT2D eigenvalue weighted by Gasteiger charge is 2.49. The van der Waals surface area contributed by atoms with Crippen LogP contribution < -0.4 is 27.0 Å². The van der Waals surface area contributed by atoms with Gasteiger partial charge in [0.2, 0.25) is 23.6 Å². The zero-order chi connectivity index (χ0) is 32.5. The lowest BCUT2D eigenvalue weighted by Gasteiger charge is -2.54. The molecule has 0 spiro atoms. The van der Waals surface area contributed by atoms with Crippen molar-refractivity contribution in [1.82, 2.24) is 21.3 Å². The van der Waals surface area contributed by atoms with Crippen molar-refractivity contribution in [1.29, 1.82) is 0 Å². The van der Waals surface area contributed by atoms with Crippen molar-refractivity contribution in [3.63, 3.8) is 0 Å². The predicted molar refractivity (Wildman–Crippen MR) is 189 cm³/mol. The number of nitrogens with two attached hydrogens (primary N) is 1. The van der Waals surface area contributed by atoms with Crippen molar-refractivity contribution in [3.8, 4) is 0 Å². The Morgan fingerprint density at radius 3 is 1.96 bits per heavy atom. The fraction of sp³-hybridized carbons (Fsp3) is 0.556. The van der Waals surface area contributed by atoms with E-state index in [-0.39, 0.29) is 30.9 Å². The zero-order valence-corrected chi connectivity index (χ0v) is 28.8. The maximum absolute atomic E-state index is 13.7. The number of benzene rings is 2. The summed E-state index contributed by atoms with van der Waals surface area (Å²) < 4.78 is 0. The number of hydrogen-bond acceptors (Lipinski definition) is 6. The summed E-state index contributed by atoms with van der Waals surface area (Å²) in [6.07, 6.45) is 9.87. The molecule has 3 atom stereocenters. The van der Waals surface area contributed by atoms with E-state index in [4.69, 9.17) is 5.73 Å². The van der Waals surface area contributed by atoms with Crippen LogP contribution in [-0.4, -0.2) is 66.3 Å². The Morgan fingerprint density at radius 1 is 0.766 bits per heavy atom. The first-order valence-corrected chi connectivity index (χ1v) is 18.2. The molecule has 0 aliphatic heterocycles. The summed E-state index contributed by atoms with van der Waals surface area (Å²) >= 11 is 1.56. The molecular weight excluding hydrogens is 634 g/mol. The van der Waals surface area contributed by atoms with E-state index in [0.717, 1.165) is 23.0 Å². The average Bonchev–Trinajstić information content (AvgIpc) is 3.06. The van der Waals surface area contributed by atoms with Gasteiger partial charge in [-0.15, -0.1) is 12.4 Å².